The molecule has 2 amide bonds. The maximum absolute atomic E-state index is 13.1. The van der Waals surface area contributed by atoms with Gasteiger partial charge in [0.2, 0.25) is 0 Å². The second kappa shape index (κ2) is 10.6. The predicted molar refractivity (Wildman–Crippen MR) is 127 cm³/mol. The van der Waals surface area contributed by atoms with Crippen molar-refractivity contribution >= 4 is 47.2 Å². The van der Waals surface area contributed by atoms with Gasteiger partial charge in [0.05, 0.1) is 0 Å². The highest BCUT2D eigenvalue weighted by molar-refractivity contribution is 8.00. The van der Waals surface area contributed by atoms with Gasteiger partial charge in [0, 0.05) is 18.2 Å². The molecule has 4 rings (SSSR count). The van der Waals surface area contributed by atoms with Gasteiger partial charge in [-0.3, -0.25) is 19.3 Å². The smallest absolute Gasteiger partial charge is 0.352 e. The van der Waals surface area contributed by atoms with E-state index in [-0.39, 0.29) is 53.4 Å². The summed E-state index contributed by atoms with van der Waals surface area (Å²) in [7, 11) is 0. The van der Waals surface area contributed by atoms with E-state index in [0.29, 0.717) is 5.56 Å². The van der Waals surface area contributed by atoms with Gasteiger partial charge >= 0.3 is 11.9 Å². The number of β-lactam (4-membered cyclic amide) rings is 1. The lowest BCUT2D eigenvalue weighted by atomic mass is 10.0. The van der Waals surface area contributed by atoms with Crippen LogP contribution in [0.15, 0.2) is 51.4 Å². The number of rotatable bonds is 9. The average molecular weight is 532 g/mol. The molecule has 3 heterocycles. The first-order chi connectivity index (χ1) is 17.7. The van der Waals surface area contributed by atoms with E-state index in [0.717, 1.165) is 11.2 Å². The van der Waals surface area contributed by atoms with Crippen LogP contribution in [0.25, 0.3) is 0 Å². The van der Waals surface area contributed by atoms with E-state index in [1.807, 2.05) is 0 Å². The van der Waals surface area contributed by atoms with E-state index in [1.165, 1.54) is 30.8 Å². The number of carboxylic acid groups (broad SMARTS) is 1. The average Bonchev–Trinajstić information content (AvgIpc) is 3.29. The summed E-state index contributed by atoms with van der Waals surface area (Å²) in [4.78, 5) is 59.1. The third-order valence-electron chi connectivity index (χ3n) is 5.29. The number of nitrogens with two attached hydrogens (primary N) is 1. The second-order valence-electron chi connectivity index (χ2n) is 7.85. The molecular formula is C22H21N5O9S. The number of oxazole rings is 1. The molecule has 2 aromatic rings. The van der Waals surface area contributed by atoms with Gasteiger partial charge in [0.25, 0.3) is 17.8 Å². The summed E-state index contributed by atoms with van der Waals surface area (Å²) in [5.74, 6) is -3.18. The van der Waals surface area contributed by atoms with Crippen LogP contribution in [-0.4, -0.2) is 73.3 Å². The van der Waals surface area contributed by atoms with Crippen LogP contribution >= 0.6 is 11.8 Å². The zero-order valence-electron chi connectivity index (χ0n) is 19.2. The molecule has 1 saturated heterocycles. The minimum atomic E-state index is -1.35. The number of aromatic hydroxyl groups is 1. The number of ether oxygens (including phenoxy) is 1. The van der Waals surface area contributed by atoms with E-state index < -0.39 is 35.2 Å². The standard InChI is InChI=1S/C22H21N5O9S/c1-10(28)34-7-12-9-37-20-16(19(31)27(20)17(12)21(32)33)25-18(30)15(14-8-35-22(23)24-14)26-36-6-11-2-4-13(29)5-3-11/h2-5,8,16,20,29H,6-7,9H2,1H3,(H2,23,24)(H,25,30)(H,32,33)/t16-,20+/m1/s1. The van der Waals surface area contributed by atoms with Crippen LogP contribution in [0, 0.1) is 0 Å². The van der Waals surface area contributed by atoms with Crippen molar-refractivity contribution in [3.8, 4) is 5.75 Å². The topological polar surface area (TPSA) is 207 Å². The molecule has 2 atom stereocenters. The molecule has 15 heteroatoms. The van der Waals surface area contributed by atoms with Crippen LogP contribution in [0.2, 0.25) is 0 Å². The number of nitrogens with zero attached hydrogens (tertiary/aromatic N) is 3. The van der Waals surface area contributed by atoms with Crippen molar-refractivity contribution in [3.63, 3.8) is 0 Å². The summed E-state index contributed by atoms with van der Waals surface area (Å²) in [6.45, 7) is 0.882. The normalized spacial score (nSPS) is 19.1. The zero-order valence-corrected chi connectivity index (χ0v) is 20.1. The number of carboxylic acids is 1. The number of phenols is 1. The fourth-order valence-corrected chi connectivity index (χ4v) is 4.88. The third-order valence-corrected chi connectivity index (χ3v) is 6.63. The number of hydrogen-bond acceptors (Lipinski definition) is 12. The van der Waals surface area contributed by atoms with Crippen molar-refractivity contribution in [2.24, 2.45) is 5.16 Å². The van der Waals surface area contributed by atoms with Gasteiger partial charge in [0.1, 0.15) is 48.0 Å². The number of nitrogen functional groups attached to an aromatic ring is 1. The summed E-state index contributed by atoms with van der Waals surface area (Å²) in [6, 6.07) is 4.84. The molecule has 0 spiro atoms. The number of amides is 2. The van der Waals surface area contributed by atoms with Gasteiger partial charge in [0.15, 0.2) is 5.71 Å². The number of aromatic nitrogens is 1. The van der Waals surface area contributed by atoms with Crippen LogP contribution in [0.4, 0.5) is 6.01 Å². The first-order valence-corrected chi connectivity index (χ1v) is 11.7. The van der Waals surface area contributed by atoms with E-state index >= 15 is 0 Å². The van der Waals surface area contributed by atoms with E-state index in [9.17, 15) is 29.4 Å². The minimum absolute atomic E-state index is 0.0448. The molecule has 0 saturated carbocycles. The zero-order chi connectivity index (χ0) is 26.7. The summed E-state index contributed by atoms with van der Waals surface area (Å²) in [5.41, 5.74) is 5.79. The maximum atomic E-state index is 13.1. The molecule has 1 aromatic carbocycles. The summed E-state index contributed by atoms with van der Waals surface area (Å²) in [6.07, 6.45) is 1.09. The molecule has 194 valence electrons. The van der Waals surface area contributed by atoms with Crippen LogP contribution in [0.5, 0.6) is 5.75 Å². The van der Waals surface area contributed by atoms with E-state index in [4.69, 9.17) is 19.7 Å². The number of benzene rings is 1. The highest BCUT2D eigenvalue weighted by Crippen LogP contribution is 2.40. The Kier molecular flexibility index (Phi) is 7.33. The lowest BCUT2D eigenvalue weighted by Gasteiger charge is -2.49. The molecule has 0 bridgehead atoms. The second-order valence-corrected chi connectivity index (χ2v) is 8.95. The number of anilines is 1. The number of esters is 1. The Labute approximate surface area is 213 Å². The predicted octanol–water partition coefficient (Wildman–Crippen LogP) is 0.185. The first kappa shape index (κ1) is 25.6. The third kappa shape index (κ3) is 5.50. The van der Waals surface area contributed by atoms with Crippen molar-refractivity contribution in [3.05, 3.63) is 53.1 Å². The number of oxime groups is 1. The minimum Gasteiger partial charge on any atom is -0.508 e. The molecule has 37 heavy (non-hydrogen) atoms. The summed E-state index contributed by atoms with van der Waals surface area (Å²) in [5, 5.41) is 24.7. The highest BCUT2D eigenvalue weighted by atomic mass is 32.2. The monoisotopic (exact) mass is 531 g/mol. The first-order valence-electron chi connectivity index (χ1n) is 10.7. The SMILES string of the molecule is CC(=O)OCC1=C(C(=O)O)N2C(=O)[C@@H](NC(=O)C(=NOCc3ccc(O)cc3)c3coc(N)n3)[C@@H]2SC1. The Bertz CT molecular complexity index is 1300. The molecule has 0 radical (unpaired) electrons. The number of carbonyl (C=O) groups excluding carboxylic acids is 3. The number of phenolic OH excluding ortho intramolecular Hbond substituents is 1. The van der Waals surface area contributed by atoms with Gasteiger partial charge < -0.3 is 35.3 Å². The lowest BCUT2D eigenvalue weighted by Crippen LogP contribution is -2.71. The molecule has 1 fully saturated rings. The van der Waals surface area contributed by atoms with Gasteiger partial charge in [-0.2, -0.15) is 4.98 Å². The quantitative estimate of drug-likeness (QED) is 0.148. The van der Waals surface area contributed by atoms with Crippen molar-refractivity contribution in [1.29, 1.82) is 0 Å². The summed E-state index contributed by atoms with van der Waals surface area (Å²) < 4.78 is 9.86. The number of thioether (sulfide) groups is 1. The van der Waals surface area contributed by atoms with Gasteiger partial charge in [-0.15, -0.1) is 11.8 Å². The Hall–Kier alpha value is -4.53. The fraction of sp³-hybridized carbons (Fsp3) is 0.273. The molecule has 2 aliphatic heterocycles. The molecule has 5 N–H and O–H groups in total. The van der Waals surface area contributed by atoms with Gasteiger partial charge in [-0.25, -0.2) is 4.79 Å². The van der Waals surface area contributed by atoms with Crippen LogP contribution in [-0.2, 0) is 35.4 Å². The van der Waals surface area contributed by atoms with Crippen molar-refractivity contribution in [2.75, 3.05) is 18.1 Å². The van der Waals surface area contributed by atoms with Gasteiger partial charge in [-0.1, -0.05) is 17.3 Å². The van der Waals surface area contributed by atoms with Crippen LogP contribution in [0.3, 0.4) is 0 Å². The Morgan fingerprint density at radius 3 is 2.65 bits per heavy atom. The van der Waals surface area contributed by atoms with Crippen molar-refractivity contribution in [1.82, 2.24) is 15.2 Å². The Morgan fingerprint density at radius 2 is 2.03 bits per heavy atom. The van der Waals surface area contributed by atoms with E-state index in [2.05, 4.69) is 15.5 Å². The lowest BCUT2D eigenvalue weighted by molar-refractivity contribution is -0.150. The van der Waals surface area contributed by atoms with Crippen LogP contribution < -0.4 is 11.1 Å². The maximum Gasteiger partial charge on any atom is 0.352 e. The molecule has 0 unspecified atom stereocenters. The van der Waals surface area contributed by atoms with Crippen molar-refractivity contribution < 1.29 is 43.4 Å². The molecule has 14 nitrogen and oxygen atoms in total. The molecule has 0 aliphatic carbocycles. The molecule has 1 aromatic heterocycles. The highest BCUT2D eigenvalue weighted by Gasteiger charge is 2.54. The number of nitrogens with one attached hydrogen (secondary N) is 1. The number of carbonyl (C=O) groups is 4. The molecule has 2 aliphatic rings. The Morgan fingerprint density at radius 1 is 1.30 bits per heavy atom. The number of hydrogen-bond donors (Lipinski definition) is 4. The van der Waals surface area contributed by atoms with E-state index in [1.54, 1.807) is 12.1 Å². The number of aliphatic carboxylic acids is 1. The molecular weight excluding hydrogens is 510 g/mol. The van der Waals surface area contributed by atoms with Crippen molar-refractivity contribution in [2.45, 2.75) is 24.9 Å². The Balaban J connectivity index is 1.49. The fourth-order valence-electron chi connectivity index (χ4n) is 3.56. The van der Waals surface area contributed by atoms with Crippen LogP contribution in [0.1, 0.15) is 18.2 Å². The number of fused-ring (bicyclic) bond motifs is 1. The van der Waals surface area contributed by atoms with Gasteiger partial charge in [-0.05, 0) is 17.7 Å². The summed E-state index contributed by atoms with van der Waals surface area (Å²) >= 11 is 1.21. The largest absolute Gasteiger partial charge is 0.508 e.